The number of rotatable bonds is 3. The third kappa shape index (κ3) is 3.83. The van der Waals surface area contributed by atoms with Gasteiger partial charge in [0.1, 0.15) is 11.3 Å². The van der Waals surface area contributed by atoms with E-state index in [1.807, 2.05) is 0 Å². The lowest BCUT2D eigenvalue weighted by Gasteiger charge is -2.26. The van der Waals surface area contributed by atoms with Gasteiger partial charge in [-0.25, -0.2) is 0 Å². The summed E-state index contributed by atoms with van der Waals surface area (Å²) in [5.74, 6) is 0.0864. The van der Waals surface area contributed by atoms with Crippen LogP contribution < -0.4 is 5.73 Å². The molecule has 4 rings (SSSR count). The molecule has 1 fully saturated rings. The average Bonchev–Trinajstić information content (AvgIpc) is 3.15. The quantitative estimate of drug-likeness (QED) is 0.722. The highest BCUT2D eigenvalue weighted by Gasteiger charge is 2.35. The lowest BCUT2D eigenvalue weighted by atomic mass is 10.0. The average molecular weight is 405 g/mol. The molecule has 1 amide bonds. The van der Waals surface area contributed by atoms with Crippen molar-refractivity contribution < 1.29 is 27.1 Å². The van der Waals surface area contributed by atoms with E-state index in [0.717, 1.165) is 6.07 Å². The highest BCUT2D eigenvalue weighted by Crippen LogP contribution is 2.39. The number of furan rings is 1. The van der Waals surface area contributed by atoms with Crippen molar-refractivity contribution in [2.75, 3.05) is 26.3 Å². The van der Waals surface area contributed by atoms with Gasteiger partial charge in [-0.3, -0.25) is 9.78 Å². The molecule has 1 aromatic carbocycles. The SMILES string of the molecule is NCc1cc2cc(-c3ccc(C(=O)N4CCOCC4)cn3)cc(C(F)(F)F)c2o1. The fourth-order valence-electron chi connectivity index (χ4n) is 3.31. The van der Waals surface area contributed by atoms with Crippen molar-refractivity contribution in [2.24, 2.45) is 5.73 Å². The number of benzene rings is 1. The van der Waals surface area contributed by atoms with Crippen molar-refractivity contribution >= 4 is 16.9 Å². The van der Waals surface area contributed by atoms with E-state index in [1.54, 1.807) is 23.1 Å². The van der Waals surface area contributed by atoms with Gasteiger partial charge in [0, 0.05) is 30.2 Å². The molecule has 1 aliphatic rings. The van der Waals surface area contributed by atoms with Gasteiger partial charge in [-0.1, -0.05) is 0 Å². The Bertz CT molecular complexity index is 1040. The Hall–Kier alpha value is -2.91. The smallest absolute Gasteiger partial charge is 0.420 e. The molecule has 0 bridgehead atoms. The second-order valence-electron chi connectivity index (χ2n) is 6.69. The van der Waals surface area contributed by atoms with Gasteiger partial charge in [-0.15, -0.1) is 0 Å². The molecule has 0 unspecified atom stereocenters. The number of hydrogen-bond acceptors (Lipinski definition) is 5. The fraction of sp³-hybridized carbons (Fsp3) is 0.300. The summed E-state index contributed by atoms with van der Waals surface area (Å²) in [6, 6.07) is 7.17. The van der Waals surface area contributed by atoms with E-state index < -0.39 is 11.7 Å². The Morgan fingerprint density at radius 2 is 1.93 bits per heavy atom. The summed E-state index contributed by atoms with van der Waals surface area (Å²) in [5.41, 5.74) is 5.34. The summed E-state index contributed by atoms with van der Waals surface area (Å²) in [5, 5.41) is 0.297. The predicted molar refractivity (Wildman–Crippen MR) is 99.1 cm³/mol. The first-order chi connectivity index (χ1) is 13.9. The minimum absolute atomic E-state index is 0.00207. The summed E-state index contributed by atoms with van der Waals surface area (Å²) < 4.78 is 51.1. The number of hydrogen-bond donors (Lipinski definition) is 1. The number of halogens is 3. The fourth-order valence-corrected chi connectivity index (χ4v) is 3.31. The van der Waals surface area contributed by atoms with Gasteiger partial charge in [0.2, 0.25) is 0 Å². The zero-order valence-electron chi connectivity index (χ0n) is 15.3. The number of carbonyl (C=O) groups is 1. The summed E-state index contributed by atoms with van der Waals surface area (Å²) in [6.07, 6.45) is -3.21. The Labute approximate surface area is 164 Å². The Morgan fingerprint density at radius 1 is 1.17 bits per heavy atom. The standard InChI is InChI=1S/C20H18F3N3O3/c21-20(22,23)16-9-13(7-14-8-15(10-24)29-18(14)16)17-2-1-12(11-25-17)19(27)26-3-5-28-6-4-26/h1-2,7-9,11H,3-6,10,24H2. The van der Waals surface area contributed by atoms with Crippen LogP contribution in [0.15, 0.2) is 40.9 Å². The largest absolute Gasteiger partial charge is 0.459 e. The van der Waals surface area contributed by atoms with Gasteiger partial charge < -0.3 is 19.8 Å². The molecule has 29 heavy (non-hydrogen) atoms. The number of pyridine rings is 1. The third-order valence-corrected chi connectivity index (χ3v) is 4.78. The Kier molecular flexibility index (Phi) is 5.01. The van der Waals surface area contributed by atoms with Crippen LogP contribution >= 0.6 is 0 Å². The third-order valence-electron chi connectivity index (χ3n) is 4.78. The van der Waals surface area contributed by atoms with Crippen LogP contribution in [0.2, 0.25) is 0 Å². The molecular formula is C20H18F3N3O3. The minimum Gasteiger partial charge on any atom is -0.459 e. The van der Waals surface area contributed by atoms with Crippen molar-refractivity contribution in [3.05, 3.63) is 53.4 Å². The van der Waals surface area contributed by atoms with E-state index in [1.165, 1.54) is 12.3 Å². The molecule has 2 N–H and O–H groups in total. The van der Waals surface area contributed by atoms with Crippen LogP contribution in [0.1, 0.15) is 21.7 Å². The number of aromatic nitrogens is 1. The first-order valence-corrected chi connectivity index (χ1v) is 9.04. The summed E-state index contributed by atoms with van der Waals surface area (Å²) in [7, 11) is 0. The van der Waals surface area contributed by atoms with Gasteiger partial charge >= 0.3 is 6.18 Å². The molecule has 3 heterocycles. The number of fused-ring (bicyclic) bond motifs is 1. The number of nitrogens with zero attached hydrogens (tertiary/aromatic N) is 2. The number of alkyl halides is 3. The molecule has 6 nitrogen and oxygen atoms in total. The molecule has 0 aliphatic carbocycles. The predicted octanol–water partition coefficient (Wildman–Crippen LogP) is 3.44. The van der Waals surface area contributed by atoms with E-state index in [4.69, 9.17) is 14.9 Å². The van der Waals surface area contributed by atoms with Crippen LogP contribution in [0.4, 0.5) is 13.2 Å². The maximum atomic E-state index is 13.5. The zero-order valence-corrected chi connectivity index (χ0v) is 15.3. The second kappa shape index (κ2) is 7.49. The normalized spacial score (nSPS) is 15.1. The van der Waals surface area contributed by atoms with Gasteiger partial charge in [0.25, 0.3) is 5.91 Å². The number of morpholine rings is 1. The van der Waals surface area contributed by atoms with Crippen molar-refractivity contribution in [3.8, 4) is 11.3 Å². The van der Waals surface area contributed by atoms with Gasteiger partial charge in [0.05, 0.1) is 36.6 Å². The van der Waals surface area contributed by atoms with Crippen molar-refractivity contribution in [3.63, 3.8) is 0 Å². The highest BCUT2D eigenvalue weighted by molar-refractivity contribution is 5.94. The maximum absolute atomic E-state index is 13.5. The van der Waals surface area contributed by atoms with Gasteiger partial charge in [0.15, 0.2) is 0 Å². The van der Waals surface area contributed by atoms with E-state index in [2.05, 4.69) is 4.98 Å². The number of nitrogens with two attached hydrogens (primary N) is 1. The first-order valence-electron chi connectivity index (χ1n) is 9.04. The second-order valence-corrected chi connectivity index (χ2v) is 6.69. The number of amides is 1. The van der Waals surface area contributed by atoms with E-state index in [0.29, 0.717) is 42.9 Å². The molecule has 0 radical (unpaired) electrons. The van der Waals surface area contributed by atoms with E-state index in [9.17, 15) is 18.0 Å². The van der Waals surface area contributed by atoms with Crippen LogP contribution in [0.5, 0.6) is 0 Å². The summed E-state index contributed by atoms with van der Waals surface area (Å²) >= 11 is 0. The van der Waals surface area contributed by atoms with Crippen LogP contribution in [0.3, 0.4) is 0 Å². The first kappa shape index (κ1) is 19.4. The Balaban J connectivity index is 1.70. The van der Waals surface area contributed by atoms with E-state index >= 15 is 0 Å². The molecule has 1 aliphatic heterocycles. The van der Waals surface area contributed by atoms with Crippen molar-refractivity contribution in [2.45, 2.75) is 12.7 Å². The van der Waals surface area contributed by atoms with Gasteiger partial charge in [-0.05, 0) is 30.3 Å². The van der Waals surface area contributed by atoms with Gasteiger partial charge in [-0.2, -0.15) is 13.2 Å². The van der Waals surface area contributed by atoms with Crippen molar-refractivity contribution in [1.82, 2.24) is 9.88 Å². The minimum atomic E-state index is -4.59. The monoisotopic (exact) mass is 405 g/mol. The zero-order chi connectivity index (χ0) is 20.6. The Morgan fingerprint density at radius 3 is 2.55 bits per heavy atom. The number of ether oxygens (including phenoxy) is 1. The summed E-state index contributed by atoms with van der Waals surface area (Å²) in [4.78, 5) is 18.4. The molecule has 152 valence electrons. The van der Waals surface area contributed by atoms with Crippen LogP contribution in [-0.2, 0) is 17.5 Å². The lowest BCUT2D eigenvalue weighted by Crippen LogP contribution is -2.40. The summed E-state index contributed by atoms with van der Waals surface area (Å²) in [6.45, 7) is 1.95. The maximum Gasteiger partial charge on any atom is 0.420 e. The highest BCUT2D eigenvalue weighted by atomic mass is 19.4. The molecule has 0 spiro atoms. The van der Waals surface area contributed by atoms with Crippen LogP contribution in [0, 0.1) is 0 Å². The molecule has 3 aromatic rings. The lowest BCUT2D eigenvalue weighted by molar-refractivity contribution is -0.136. The van der Waals surface area contributed by atoms with Crippen molar-refractivity contribution in [1.29, 1.82) is 0 Å². The van der Waals surface area contributed by atoms with E-state index in [-0.39, 0.29) is 29.4 Å². The van der Waals surface area contributed by atoms with Crippen LogP contribution in [-0.4, -0.2) is 42.1 Å². The van der Waals surface area contributed by atoms with Crippen LogP contribution in [0.25, 0.3) is 22.2 Å². The molecule has 2 aromatic heterocycles. The molecule has 0 atom stereocenters. The molecule has 0 saturated carbocycles. The topological polar surface area (TPSA) is 81.6 Å². The molecular weight excluding hydrogens is 387 g/mol. The molecule has 9 heteroatoms. The molecule has 1 saturated heterocycles. The number of carbonyl (C=O) groups excluding carboxylic acids is 1.